The van der Waals surface area contributed by atoms with E-state index in [4.69, 9.17) is 25.7 Å². The van der Waals surface area contributed by atoms with Crippen molar-refractivity contribution in [3.8, 4) is 0 Å². The largest absolute Gasteiger partial charge is 0.481 e. The van der Waals surface area contributed by atoms with Crippen LogP contribution in [0, 0.1) is 56.7 Å². The number of nitrogens with two attached hydrogens (primary N) is 2. The van der Waals surface area contributed by atoms with E-state index in [0.29, 0.717) is 32.0 Å². The summed E-state index contributed by atoms with van der Waals surface area (Å²) >= 11 is 0. The lowest BCUT2D eigenvalue weighted by atomic mass is 9.34. The van der Waals surface area contributed by atoms with Crippen LogP contribution in [0.15, 0.2) is 16.6 Å². The summed E-state index contributed by atoms with van der Waals surface area (Å²) in [4.78, 5) is 42.5. The lowest BCUT2D eigenvalue weighted by Gasteiger charge is -2.71. The number of carbonyl (C=O) groups is 3. The molecule has 0 radical (unpaired) electrons. The summed E-state index contributed by atoms with van der Waals surface area (Å²) in [6.07, 6.45) is 5.77. The van der Waals surface area contributed by atoms with E-state index in [9.17, 15) is 19.5 Å². The van der Waals surface area contributed by atoms with E-state index in [1.807, 2.05) is 0 Å². The molecule has 5 rings (SSSR count). The van der Waals surface area contributed by atoms with E-state index in [0.717, 1.165) is 25.7 Å². The Balaban J connectivity index is 1.57. The Morgan fingerprint density at radius 1 is 1.04 bits per heavy atom. The van der Waals surface area contributed by atoms with Crippen LogP contribution in [0.4, 0.5) is 0 Å². The molecular weight excluding hydrogens is 574 g/mol. The van der Waals surface area contributed by atoms with Crippen molar-refractivity contribution in [2.24, 2.45) is 73.1 Å². The highest BCUT2D eigenvalue weighted by atomic mass is 16.6. The quantitative estimate of drug-likeness (QED) is 0.157. The van der Waals surface area contributed by atoms with Gasteiger partial charge in [0.05, 0.1) is 19.1 Å². The summed E-state index contributed by atoms with van der Waals surface area (Å²) in [5.41, 5.74) is 10.2. The highest BCUT2D eigenvalue weighted by Gasteiger charge is 2.72. The maximum Gasteiger partial charge on any atom is 0.328 e. The molecular formula is C35H55N3O7. The summed E-state index contributed by atoms with van der Waals surface area (Å²) in [6.45, 7) is 17.5. The molecule has 252 valence electrons. The van der Waals surface area contributed by atoms with Crippen LogP contribution in [0.5, 0.6) is 0 Å². The predicted octanol–water partition coefficient (Wildman–Crippen LogP) is 4.69. The number of rotatable bonds is 7. The Kier molecular flexibility index (Phi) is 8.45. The number of aliphatic imine (C=N–C) groups is 1. The van der Waals surface area contributed by atoms with E-state index in [-0.39, 0.29) is 41.1 Å². The molecule has 0 aromatic rings. The van der Waals surface area contributed by atoms with E-state index in [1.54, 1.807) is 0 Å². The number of carboxylic acids is 1. The molecule has 1 heterocycles. The first-order chi connectivity index (χ1) is 20.9. The van der Waals surface area contributed by atoms with Gasteiger partial charge in [-0.1, -0.05) is 60.1 Å². The van der Waals surface area contributed by atoms with Gasteiger partial charge in [-0.05, 0) is 78.4 Å². The number of nitrogens with zero attached hydrogens (tertiary/aromatic N) is 1. The Labute approximate surface area is 268 Å². The van der Waals surface area contributed by atoms with Crippen LogP contribution in [0.1, 0.15) is 93.9 Å². The summed E-state index contributed by atoms with van der Waals surface area (Å²) in [5.74, 6) is -1.42. The second-order valence-electron chi connectivity index (χ2n) is 16.3. The van der Waals surface area contributed by atoms with E-state index in [1.165, 1.54) is 12.5 Å². The molecule has 45 heavy (non-hydrogen) atoms. The lowest BCUT2D eigenvalue weighted by Crippen LogP contribution is -2.70. The number of carboxylic acid groups (broad SMARTS) is 1. The lowest BCUT2D eigenvalue weighted by molar-refractivity contribution is -0.262. The van der Waals surface area contributed by atoms with Gasteiger partial charge in [-0.25, -0.2) is 4.99 Å². The Hall–Kier alpha value is -2.62. The normalized spacial score (nSPS) is 44.3. The molecule has 3 saturated carbocycles. The number of allylic oxidation sites excluding steroid dienone is 1. The second kappa shape index (κ2) is 11.3. The van der Waals surface area contributed by atoms with Gasteiger partial charge in [0.2, 0.25) is 0 Å². The van der Waals surface area contributed by atoms with Crippen molar-refractivity contribution in [2.75, 3.05) is 19.8 Å². The first kappa shape index (κ1) is 33.7. The van der Waals surface area contributed by atoms with Crippen molar-refractivity contribution >= 4 is 23.9 Å². The second-order valence-corrected chi connectivity index (χ2v) is 16.3. The number of hydrogen-bond donors (Lipinski definition) is 3. The fraction of sp³-hybridized carbons (Fsp3) is 0.829. The SMILES string of the molecule is CC(=O)O[C@@H]1C[C@]23COC[C@@](C)([C@@H]2CC[C@H]2C3=CC[C@@]3(C)[C@H](C(=O)O)[C@@](C)([C@H](C)C(C)C)CC[C@]23C)[C@H]1OC(=O)CN=C(N)N. The molecule has 1 aliphatic heterocycles. The molecule has 10 heteroatoms. The number of ether oxygens (including phenoxy) is 3. The van der Waals surface area contributed by atoms with Gasteiger partial charge < -0.3 is 30.8 Å². The van der Waals surface area contributed by atoms with Gasteiger partial charge in [0.25, 0.3) is 0 Å². The van der Waals surface area contributed by atoms with E-state index >= 15 is 0 Å². The molecule has 5 N–H and O–H groups in total. The molecule has 2 bridgehead atoms. The Morgan fingerprint density at radius 3 is 2.33 bits per heavy atom. The molecule has 0 aromatic heterocycles. The topological polar surface area (TPSA) is 164 Å². The van der Waals surface area contributed by atoms with Crippen LogP contribution in [-0.4, -0.2) is 60.9 Å². The molecule has 0 amide bonds. The van der Waals surface area contributed by atoms with E-state index < -0.39 is 52.3 Å². The minimum absolute atomic E-state index is 0.131. The predicted molar refractivity (Wildman–Crippen MR) is 170 cm³/mol. The summed E-state index contributed by atoms with van der Waals surface area (Å²) in [6, 6.07) is 0. The molecule has 0 unspecified atom stereocenters. The molecule has 0 aromatic carbocycles. The molecule has 1 saturated heterocycles. The van der Waals surface area contributed by atoms with Crippen molar-refractivity contribution in [3.63, 3.8) is 0 Å². The molecule has 11 atom stereocenters. The van der Waals surface area contributed by atoms with Crippen LogP contribution in [0.25, 0.3) is 0 Å². The van der Waals surface area contributed by atoms with Crippen molar-refractivity contribution in [2.45, 2.75) is 106 Å². The van der Waals surface area contributed by atoms with Crippen LogP contribution in [0.2, 0.25) is 0 Å². The maximum absolute atomic E-state index is 13.3. The third kappa shape index (κ3) is 4.91. The van der Waals surface area contributed by atoms with Crippen LogP contribution in [0.3, 0.4) is 0 Å². The zero-order valence-electron chi connectivity index (χ0n) is 28.5. The van der Waals surface area contributed by atoms with Gasteiger partial charge in [0, 0.05) is 17.8 Å². The highest BCUT2D eigenvalue weighted by Crippen LogP contribution is 2.75. The average Bonchev–Trinajstić information content (AvgIpc) is 2.93. The minimum atomic E-state index is -0.715. The molecule has 10 nitrogen and oxygen atoms in total. The van der Waals surface area contributed by atoms with Crippen molar-refractivity contribution in [1.82, 2.24) is 0 Å². The Morgan fingerprint density at radius 2 is 1.73 bits per heavy atom. The molecule has 5 aliphatic rings. The number of hydrogen-bond acceptors (Lipinski definition) is 7. The fourth-order valence-electron chi connectivity index (χ4n) is 11.4. The Bertz CT molecular complexity index is 1290. The van der Waals surface area contributed by atoms with Crippen molar-refractivity contribution in [1.29, 1.82) is 0 Å². The number of carbonyl (C=O) groups excluding carboxylic acids is 2. The third-order valence-electron chi connectivity index (χ3n) is 14.0. The summed E-state index contributed by atoms with van der Waals surface area (Å²) < 4.78 is 18.4. The van der Waals surface area contributed by atoms with Crippen LogP contribution < -0.4 is 11.5 Å². The van der Waals surface area contributed by atoms with Gasteiger partial charge in [-0.3, -0.25) is 14.4 Å². The smallest absolute Gasteiger partial charge is 0.328 e. The monoisotopic (exact) mass is 629 g/mol. The van der Waals surface area contributed by atoms with Gasteiger partial charge in [0.15, 0.2) is 5.96 Å². The van der Waals surface area contributed by atoms with Gasteiger partial charge in [0.1, 0.15) is 18.8 Å². The summed E-state index contributed by atoms with van der Waals surface area (Å²) in [5, 5.41) is 10.9. The average molecular weight is 630 g/mol. The van der Waals surface area contributed by atoms with Crippen molar-refractivity contribution < 1.29 is 33.7 Å². The van der Waals surface area contributed by atoms with Crippen LogP contribution >= 0.6 is 0 Å². The third-order valence-corrected chi connectivity index (χ3v) is 14.0. The highest BCUT2D eigenvalue weighted by molar-refractivity contribution is 5.80. The van der Waals surface area contributed by atoms with E-state index in [2.05, 4.69) is 59.5 Å². The molecule has 4 aliphatic carbocycles. The number of guanidine groups is 1. The number of esters is 2. The molecule has 0 spiro atoms. The van der Waals surface area contributed by atoms with Gasteiger partial charge in [-0.2, -0.15) is 0 Å². The maximum atomic E-state index is 13.3. The zero-order chi connectivity index (χ0) is 33.3. The van der Waals surface area contributed by atoms with Crippen molar-refractivity contribution in [3.05, 3.63) is 11.6 Å². The summed E-state index contributed by atoms with van der Waals surface area (Å²) in [7, 11) is 0. The van der Waals surface area contributed by atoms with Gasteiger partial charge in [-0.15, -0.1) is 0 Å². The van der Waals surface area contributed by atoms with Gasteiger partial charge >= 0.3 is 17.9 Å². The first-order valence-corrected chi connectivity index (χ1v) is 16.8. The molecule has 4 fully saturated rings. The standard InChI is InChI=1S/C35H55N3O7/c1-19(2)20(3)31(5)13-14-33(7)22-9-10-25-32(6)17-43-18-35(25,23(22)11-12-34(33,8)27(31)29(41)42)15-24(44-21(4)39)28(32)45-26(40)16-38-30(36)37/h11,19-20,22,24-25,27-28H,9-10,12-18H2,1-8H3,(H,41,42)(H4,36,37,38)/t20-,22+,24-,25+,27-,28+,31-,32+,33-,34+,35-/m1/s1. The fourth-order valence-corrected chi connectivity index (χ4v) is 11.4. The first-order valence-electron chi connectivity index (χ1n) is 16.8. The van der Waals surface area contributed by atoms with Crippen LogP contribution in [-0.2, 0) is 28.6 Å². The zero-order valence-corrected chi connectivity index (χ0v) is 28.5. The minimum Gasteiger partial charge on any atom is -0.481 e. The number of fused-ring (bicyclic) bond motifs is 3. The number of aliphatic carboxylic acids is 1.